The second-order valence-electron chi connectivity index (χ2n) is 5.25. The van der Waals surface area contributed by atoms with Crippen molar-refractivity contribution in [1.29, 1.82) is 0 Å². The maximum Gasteiger partial charge on any atom is 0.0723 e. The molecule has 3 fully saturated rings. The first kappa shape index (κ1) is 12.4. The summed E-state index contributed by atoms with van der Waals surface area (Å²) < 4.78 is 0. The third kappa shape index (κ3) is 2.27. The summed E-state index contributed by atoms with van der Waals surface area (Å²) in [5.74, 6) is 0.736. The third-order valence-electron chi connectivity index (χ3n) is 4.05. The van der Waals surface area contributed by atoms with Gasteiger partial charge in [0.25, 0.3) is 0 Å². The van der Waals surface area contributed by atoms with Gasteiger partial charge in [-0.2, -0.15) is 0 Å². The highest BCUT2D eigenvalue weighted by Crippen LogP contribution is 2.36. The maximum atomic E-state index is 6.22. The number of benzene rings is 1. The normalized spacial score (nSPS) is 30.4. The summed E-state index contributed by atoms with van der Waals surface area (Å²) in [5, 5.41) is 4.73. The van der Waals surface area contributed by atoms with E-state index in [9.17, 15) is 0 Å². The molecule has 0 aromatic heterocycles. The predicted molar refractivity (Wildman–Crippen MR) is 77.4 cm³/mol. The van der Waals surface area contributed by atoms with Crippen LogP contribution in [0, 0.1) is 5.92 Å². The first-order valence-corrected chi connectivity index (χ1v) is 7.12. The quantitative estimate of drug-likeness (QED) is 0.821. The molecule has 1 unspecified atom stereocenters. The van der Waals surface area contributed by atoms with Gasteiger partial charge in [-0.15, -0.1) is 0 Å². The van der Waals surface area contributed by atoms with Gasteiger partial charge in [-0.1, -0.05) is 23.2 Å². The lowest BCUT2D eigenvalue weighted by molar-refractivity contribution is 0.0975. The Balaban J connectivity index is 1.81. The molecule has 0 radical (unpaired) electrons. The number of hydrogen-bond donors (Lipinski definition) is 2. The van der Waals surface area contributed by atoms with E-state index in [1.165, 1.54) is 25.9 Å². The molecule has 3 aliphatic heterocycles. The van der Waals surface area contributed by atoms with Crippen LogP contribution in [-0.4, -0.2) is 30.6 Å². The van der Waals surface area contributed by atoms with Crippen molar-refractivity contribution in [1.82, 2.24) is 4.90 Å². The van der Waals surface area contributed by atoms with Crippen molar-refractivity contribution in [3.8, 4) is 0 Å². The minimum Gasteiger partial charge on any atom is -0.399 e. The van der Waals surface area contributed by atoms with E-state index in [-0.39, 0.29) is 0 Å². The number of anilines is 2. The molecule has 0 aliphatic carbocycles. The molecule has 2 bridgehead atoms. The number of fused-ring (bicyclic) bond motifs is 3. The number of nitrogens with zero attached hydrogens (tertiary/aromatic N) is 1. The molecule has 3 N–H and O–H groups in total. The Labute approximate surface area is 117 Å². The van der Waals surface area contributed by atoms with Crippen molar-refractivity contribution < 1.29 is 0 Å². The summed E-state index contributed by atoms with van der Waals surface area (Å²) in [5.41, 5.74) is 7.14. The lowest BCUT2D eigenvalue weighted by atomic mass is 9.84. The lowest BCUT2D eigenvalue weighted by Gasteiger charge is -2.45. The first-order chi connectivity index (χ1) is 8.63. The fraction of sp³-hybridized carbons (Fsp3) is 0.538. The molecule has 0 amide bonds. The van der Waals surface area contributed by atoms with Gasteiger partial charge < -0.3 is 16.0 Å². The predicted octanol–water partition coefficient (Wildman–Crippen LogP) is 3.08. The molecule has 3 saturated heterocycles. The Morgan fingerprint density at radius 3 is 2.28 bits per heavy atom. The largest absolute Gasteiger partial charge is 0.399 e. The zero-order valence-corrected chi connectivity index (χ0v) is 11.6. The number of nitrogens with one attached hydrogen (secondary N) is 1. The minimum absolute atomic E-state index is 0.450. The molecule has 3 aliphatic rings. The molecule has 3 heterocycles. The zero-order chi connectivity index (χ0) is 12.7. The molecule has 1 aromatic rings. The Kier molecular flexibility index (Phi) is 3.31. The van der Waals surface area contributed by atoms with Crippen molar-refractivity contribution in [2.45, 2.75) is 18.9 Å². The third-order valence-corrected chi connectivity index (χ3v) is 4.65. The van der Waals surface area contributed by atoms with Gasteiger partial charge in [-0.3, -0.25) is 0 Å². The standard InChI is InChI=1S/C13H17Cl2N3/c14-10-5-9(16)6-11(15)13(10)17-12-7-18-3-1-8(12)2-4-18/h5-6,8,12,17H,1-4,7,16H2. The van der Waals surface area contributed by atoms with Gasteiger partial charge in [0, 0.05) is 18.3 Å². The van der Waals surface area contributed by atoms with Crippen LogP contribution in [-0.2, 0) is 0 Å². The van der Waals surface area contributed by atoms with Gasteiger partial charge in [0.2, 0.25) is 0 Å². The van der Waals surface area contributed by atoms with E-state index in [4.69, 9.17) is 28.9 Å². The van der Waals surface area contributed by atoms with E-state index in [0.29, 0.717) is 21.8 Å². The maximum absolute atomic E-state index is 6.22. The summed E-state index contributed by atoms with van der Waals surface area (Å²) >= 11 is 12.4. The molecule has 5 heteroatoms. The Morgan fingerprint density at radius 1 is 1.17 bits per heavy atom. The molecule has 4 rings (SSSR count). The van der Waals surface area contributed by atoms with Crippen molar-refractivity contribution in [3.05, 3.63) is 22.2 Å². The Bertz CT molecular complexity index is 433. The van der Waals surface area contributed by atoms with Crippen LogP contribution in [0.25, 0.3) is 0 Å². The summed E-state index contributed by atoms with van der Waals surface area (Å²) in [4.78, 5) is 2.50. The second kappa shape index (κ2) is 4.80. The van der Waals surface area contributed by atoms with E-state index in [1.807, 2.05) is 0 Å². The average molecular weight is 286 g/mol. The number of hydrogen-bond acceptors (Lipinski definition) is 3. The van der Waals surface area contributed by atoms with E-state index in [0.717, 1.165) is 18.2 Å². The SMILES string of the molecule is Nc1cc(Cl)c(NC2CN3CCC2CC3)c(Cl)c1. The highest BCUT2D eigenvalue weighted by atomic mass is 35.5. The van der Waals surface area contributed by atoms with Crippen LogP contribution < -0.4 is 11.1 Å². The molecule has 0 saturated carbocycles. The van der Waals surface area contributed by atoms with E-state index in [2.05, 4.69) is 10.2 Å². The number of nitrogens with two attached hydrogens (primary N) is 1. The molecular formula is C13H17Cl2N3. The van der Waals surface area contributed by atoms with Crippen LogP contribution in [0.3, 0.4) is 0 Å². The monoisotopic (exact) mass is 285 g/mol. The summed E-state index contributed by atoms with van der Waals surface area (Å²) in [7, 11) is 0. The highest BCUT2D eigenvalue weighted by molar-refractivity contribution is 6.39. The average Bonchev–Trinajstić information content (AvgIpc) is 2.35. The lowest BCUT2D eigenvalue weighted by Crippen LogP contribution is -2.53. The molecule has 1 aromatic carbocycles. The summed E-state index contributed by atoms with van der Waals surface area (Å²) in [6.07, 6.45) is 2.53. The second-order valence-corrected chi connectivity index (χ2v) is 6.06. The first-order valence-electron chi connectivity index (χ1n) is 6.37. The van der Waals surface area contributed by atoms with Crippen LogP contribution in [0.4, 0.5) is 11.4 Å². The summed E-state index contributed by atoms with van der Waals surface area (Å²) in [6, 6.07) is 3.94. The zero-order valence-electron chi connectivity index (χ0n) is 10.1. The van der Waals surface area contributed by atoms with Crippen LogP contribution >= 0.6 is 23.2 Å². The van der Waals surface area contributed by atoms with Crippen molar-refractivity contribution in [3.63, 3.8) is 0 Å². The van der Waals surface area contributed by atoms with Crippen LogP contribution in [0.15, 0.2) is 12.1 Å². The smallest absolute Gasteiger partial charge is 0.0723 e. The fourth-order valence-corrected chi connectivity index (χ4v) is 3.66. The van der Waals surface area contributed by atoms with Gasteiger partial charge >= 0.3 is 0 Å². The summed E-state index contributed by atoms with van der Waals surface area (Å²) in [6.45, 7) is 3.54. The fourth-order valence-electron chi connectivity index (χ4n) is 3.04. The molecule has 1 atom stereocenters. The van der Waals surface area contributed by atoms with E-state index >= 15 is 0 Å². The van der Waals surface area contributed by atoms with E-state index < -0.39 is 0 Å². The number of halogens is 2. The molecule has 18 heavy (non-hydrogen) atoms. The number of rotatable bonds is 2. The van der Waals surface area contributed by atoms with Gasteiger partial charge in [0.1, 0.15) is 0 Å². The molecule has 3 nitrogen and oxygen atoms in total. The van der Waals surface area contributed by atoms with Gasteiger partial charge in [0.15, 0.2) is 0 Å². The topological polar surface area (TPSA) is 41.3 Å². The highest BCUT2D eigenvalue weighted by Gasteiger charge is 2.34. The minimum atomic E-state index is 0.450. The number of piperidine rings is 3. The molecular weight excluding hydrogens is 269 g/mol. The molecule has 98 valence electrons. The van der Waals surface area contributed by atoms with E-state index in [1.54, 1.807) is 12.1 Å². The van der Waals surface area contributed by atoms with Gasteiger partial charge in [-0.25, -0.2) is 0 Å². The van der Waals surface area contributed by atoms with Crippen LogP contribution in [0.5, 0.6) is 0 Å². The van der Waals surface area contributed by atoms with Crippen LogP contribution in [0.2, 0.25) is 10.0 Å². The van der Waals surface area contributed by atoms with Crippen molar-refractivity contribution >= 4 is 34.6 Å². The van der Waals surface area contributed by atoms with Gasteiger partial charge in [-0.05, 0) is 44.0 Å². The Morgan fingerprint density at radius 2 is 1.78 bits per heavy atom. The Hall–Kier alpha value is -0.640. The van der Waals surface area contributed by atoms with Crippen molar-refractivity contribution in [2.24, 2.45) is 5.92 Å². The number of nitrogen functional groups attached to an aromatic ring is 1. The van der Waals surface area contributed by atoms with Crippen LogP contribution in [0.1, 0.15) is 12.8 Å². The molecule has 0 spiro atoms. The van der Waals surface area contributed by atoms with Crippen molar-refractivity contribution in [2.75, 3.05) is 30.7 Å². The van der Waals surface area contributed by atoms with Gasteiger partial charge in [0.05, 0.1) is 15.7 Å².